The Kier molecular flexibility index (Phi) is 5.45. The topological polar surface area (TPSA) is 118 Å². The molecule has 3 aromatic heterocycles. The predicted octanol–water partition coefficient (Wildman–Crippen LogP) is 1.91. The molecule has 0 spiro atoms. The number of aryl methyl sites for hydroxylation is 1. The van der Waals surface area contributed by atoms with Gasteiger partial charge in [-0.15, -0.1) is 0 Å². The molecule has 0 radical (unpaired) electrons. The monoisotopic (exact) mass is 499 g/mol. The smallest absolute Gasteiger partial charge is 0.343 e. The summed E-state index contributed by atoms with van der Waals surface area (Å²) >= 11 is 0. The van der Waals surface area contributed by atoms with Crippen molar-refractivity contribution in [1.29, 1.82) is 0 Å². The second-order valence-corrected chi connectivity index (χ2v) is 9.43. The first kappa shape index (κ1) is 23.2. The van der Waals surface area contributed by atoms with Gasteiger partial charge in [0.25, 0.3) is 5.56 Å². The highest BCUT2D eigenvalue weighted by atomic mass is 16.6. The van der Waals surface area contributed by atoms with Gasteiger partial charge in [-0.3, -0.25) is 4.79 Å². The van der Waals surface area contributed by atoms with Crippen molar-refractivity contribution >= 4 is 16.9 Å². The number of fused-ring (bicyclic) bond motifs is 5. The van der Waals surface area contributed by atoms with Gasteiger partial charge in [-0.1, -0.05) is 13.0 Å². The fourth-order valence-corrected chi connectivity index (χ4v) is 5.13. The molecular formula is C28H25N3O6. The molecule has 0 unspecified atom stereocenters. The maximum atomic E-state index is 13.3. The van der Waals surface area contributed by atoms with Gasteiger partial charge in [-0.2, -0.15) is 0 Å². The van der Waals surface area contributed by atoms with Crippen LogP contribution in [0.25, 0.3) is 22.3 Å². The summed E-state index contributed by atoms with van der Waals surface area (Å²) in [7, 11) is 0. The average Bonchev–Trinajstić information content (AvgIpc) is 3.25. The molecule has 0 bridgehead atoms. The lowest BCUT2D eigenvalue weighted by Gasteiger charge is -2.31. The zero-order valence-electron chi connectivity index (χ0n) is 20.3. The van der Waals surface area contributed by atoms with Gasteiger partial charge >= 0.3 is 5.97 Å². The first-order chi connectivity index (χ1) is 17.9. The number of cyclic esters (lactones) is 1. The third kappa shape index (κ3) is 3.82. The molecule has 188 valence electrons. The molecule has 0 saturated heterocycles. The number of ether oxygens (including phenoxy) is 2. The molecule has 0 aliphatic carbocycles. The molecule has 1 atom stereocenters. The van der Waals surface area contributed by atoms with Crippen molar-refractivity contribution in [1.82, 2.24) is 9.55 Å². The summed E-state index contributed by atoms with van der Waals surface area (Å²) in [6.07, 6.45) is 4.27. The standard InChI is InChI=1S/C28H25N3O6/c1-2-28(35)22-13-24-25-18(14-31(24)26(33)21(22)16-37-27(28)34)11-17-12-20(6-7-23(17)29-25)36-10-4-9-30-8-3-5-19(32)15-30/h3,5-8,11-13,15,35H,2,4,9-10,14,16H2,1H3/t28-/m0/s1. The molecule has 0 amide bonds. The molecule has 4 aromatic rings. The summed E-state index contributed by atoms with van der Waals surface area (Å²) in [6.45, 7) is 3.05. The number of carbonyl (C=O) groups is 1. The lowest BCUT2D eigenvalue weighted by atomic mass is 9.86. The highest BCUT2D eigenvalue weighted by molar-refractivity contribution is 5.87. The van der Waals surface area contributed by atoms with Crippen molar-refractivity contribution in [2.24, 2.45) is 0 Å². The lowest BCUT2D eigenvalue weighted by molar-refractivity contribution is -0.699. The fraction of sp³-hybridized carbons (Fsp3) is 0.286. The van der Waals surface area contributed by atoms with E-state index in [2.05, 4.69) is 0 Å². The normalized spacial score (nSPS) is 17.7. The zero-order valence-corrected chi connectivity index (χ0v) is 20.3. The van der Waals surface area contributed by atoms with E-state index in [1.165, 1.54) is 6.07 Å². The molecule has 9 nitrogen and oxygen atoms in total. The summed E-state index contributed by atoms with van der Waals surface area (Å²) < 4.78 is 14.5. The van der Waals surface area contributed by atoms with Gasteiger partial charge in [0, 0.05) is 29.0 Å². The van der Waals surface area contributed by atoms with Crippen LogP contribution in [0.5, 0.6) is 11.5 Å². The van der Waals surface area contributed by atoms with E-state index < -0.39 is 11.6 Å². The van der Waals surface area contributed by atoms with Gasteiger partial charge in [0.15, 0.2) is 24.5 Å². The Balaban J connectivity index is 1.27. The number of aromatic nitrogens is 3. The molecule has 2 aliphatic heterocycles. The fourth-order valence-electron chi connectivity index (χ4n) is 5.13. The van der Waals surface area contributed by atoms with Crippen LogP contribution in [0.3, 0.4) is 0 Å². The van der Waals surface area contributed by atoms with Crippen LogP contribution in [-0.4, -0.2) is 27.2 Å². The molecule has 37 heavy (non-hydrogen) atoms. The second-order valence-electron chi connectivity index (χ2n) is 9.43. The molecule has 0 saturated carbocycles. The Hall–Kier alpha value is -4.24. The Bertz CT molecular complexity index is 1630. The minimum atomic E-state index is -1.84. The maximum absolute atomic E-state index is 13.3. The van der Waals surface area contributed by atoms with E-state index in [1.807, 2.05) is 35.0 Å². The number of nitrogens with zero attached hydrogens (tertiary/aromatic N) is 3. The third-order valence-electron chi connectivity index (χ3n) is 7.14. The molecule has 2 aliphatic rings. The summed E-state index contributed by atoms with van der Waals surface area (Å²) in [5, 5.41) is 23.3. The van der Waals surface area contributed by atoms with Crippen LogP contribution < -0.4 is 20.0 Å². The van der Waals surface area contributed by atoms with Gasteiger partial charge < -0.3 is 24.3 Å². The molecule has 5 heterocycles. The van der Waals surface area contributed by atoms with E-state index >= 15 is 0 Å². The number of benzene rings is 1. The van der Waals surface area contributed by atoms with E-state index in [-0.39, 0.29) is 24.3 Å². The molecular weight excluding hydrogens is 474 g/mol. The Labute approximate surface area is 212 Å². The number of hydrogen-bond acceptors (Lipinski definition) is 7. The summed E-state index contributed by atoms with van der Waals surface area (Å²) in [4.78, 5) is 30.4. The van der Waals surface area contributed by atoms with Gasteiger partial charge in [-0.25, -0.2) is 14.3 Å². The second kappa shape index (κ2) is 8.70. The van der Waals surface area contributed by atoms with Crippen LogP contribution in [0.4, 0.5) is 0 Å². The van der Waals surface area contributed by atoms with Crippen molar-refractivity contribution in [3.8, 4) is 22.9 Å². The number of aliphatic hydroxyl groups is 1. The van der Waals surface area contributed by atoms with E-state index in [4.69, 9.17) is 14.5 Å². The van der Waals surface area contributed by atoms with Crippen molar-refractivity contribution < 1.29 is 29.0 Å². The maximum Gasteiger partial charge on any atom is 0.343 e. The van der Waals surface area contributed by atoms with E-state index in [1.54, 1.807) is 29.8 Å². The lowest BCUT2D eigenvalue weighted by Crippen LogP contribution is -2.44. The number of rotatable bonds is 6. The van der Waals surface area contributed by atoms with Crippen molar-refractivity contribution in [3.05, 3.63) is 81.9 Å². The van der Waals surface area contributed by atoms with Crippen LogP contribution in [0.2, 0.25) is 0 Å². The summed E-state index contributed by atoms with van der Waals surface area (Å²) in [5.74, 6) is -0.0457. The van der Waals surface area contributed by atoms with Gasteiger partial charge in [0.05, 0.1) is 35.6 Å². The SMILES string of the molecule is CC[C@@]1(O)C(=O)OCc2c1cc1n(c2=O)Cc2cc3cc(OCCC[n+]4cccc([O-])c4)ccc3nc2-1. The Morgan fingerprint density at radius 3 is 2.92 bits per heavy atom. The predicted molar refractivity (Wildman–Crippen MR) is 131 cm³/mol. The van der Waals surface area contributed by atoms with Crippen LogP contribution in [0.15, 0.2) is 59.7 Å². The Morgan fingerprint density at radius 1 is 1.24 bits per heavy atom. The zero-order chi connectivity index (χ0) is 25.7. The number of hydrogen-bond donors (Lipinski definition) is 1. The Morgan fingerprint density at radius 2 is 2.11 bits per heavy atom. The summed E-state index contributed by atoms with van der Waals surface area (Å²) in [6, 6.07) is 12.6. The molecule has 0 fully saturated rings. The van der Waals surface area contributed by atoms with Crippen LogP contribution in [0, 0.1) is 0 Å². The highest BCUT2D eigenvalue weighted by Crippen LogP contribution is 2.38. The summed E-state index contributed by atoms with van der Waals surface area (Å²) in [5.41, 5.74) is 1.37. The molecule has 1 aromatic carbocycles. The van der Waals surface area contributed by atoms with E-state index in [0.29, 0.717) is 48.0 Å². The van der Waals surface area contributed by atoms with Crippen molar-refractivity contribution in [2.45, 2.75) is 45.1 Å². The third-order valence-corrected chi connectivity index (χ3v) is 7.14. The first-order valence-electron chi connectivity index (χ1n) is 12.3. The van der Waals surface area contributed by atoms with Crippen LogP contribution in [0.1, 0.15) is 36.5 Å². The largest absolute Gasteiger partial charge is 0.868 e. The highest BCUT2D eigenvalue weighted by Gasteiger charge is 2.45. The minimum absolute atomic E-state index is 0.0227. The van der Waals surface area contributed by atoms with Crippen LogP contribution >= 0.6 is 0 Å². The van der Waals surface area contributed by atoms with Crippen molar-refractivity contribution in [2.75, 3.05) is 6.61 Å². The first-order valence-corrected chi connectivity index (χ1v) is 12.3. The molecule has 1 N–H and O–H groups in total. The van der Waals surface area contributed by atoms with Gasteiger partial charge in [-0.05, 0) is 42.5 Å². The van der Waals surface area contributed by atoms with Gasteiger partial charge in [0.1, 0.15) is 12.4 Å². The van der Waals surface area contributed by atoms with Gasteiger partial charge in [0.2, 0.25) is 0 Å². The number of carbonyl (C=O) groups excluding carboxylic acids is 1. The number of esters is 1. The van der Waals surface area contributed by atoms with Crippen LogP contribution in [-0.2, 0) is 34.8 Å². The molecule has 9 heteroatoms. The van der Waals surface area contributed by atoms with E-state index in [9.17, 15) is 19.8 Å². The minimum Gasteiger partial charge on any atom is -0.868 e. The van der Waals surface area contributed by atoms with E-state index in [0.717, 1.165) is 22.9 Å². The molecule has 6 rings (SSSR count). The average molecular weight is 500 g/mol. The number of pyridine rings is 3. The quantitative estimate of drug-likeness (QED) is 0.215. The van der Waals surface area contributed by atoms with Crippen molar-refractivity contribution in [3.63, 3.8) is 0 Å².